The number of amides is 1. The van der Waals surface area contributed by atoms with Crippen molar-refractivity contribution in [2.75, 3.05) is 0 Å². The van der Waals surface area contributed by atoms with E-state index in [0.717, 1.165) is 17.7 Å². The van der Waals surface area contributed by atoms with E-state index in [4.69, 9.17) is 5.73 Å². The summed E-state index contributed by atoms with van der Waals surface area (Å²) in [6.45, 7) is 5.99. The molecule has 118 valence electrons. The molecule has 3 unspecified atom stereocenters. The lowest BCUT2D eigenvalue weighted by Gasteiger charge is -2.22. The monoisotopic (exact) mass is 300 g/mol. The highest BCUT2D eigenvalue weighted by atomic mass is 16.2. The first-order valence-electron chi connectivity index (χ1n) is 7.69. The second-order valence-electron chi connectivity index (χ2n) is 5.65. The molecule has 0 saturated heterocycles. The smallest absolute Gasteiger partial charge is 0.237 e. The van der Waals surface area contributed by atoms with Crippen LogP contribution in [0.4, 0.5) is 0 Å². The first-order chi connectivity index (χ1) is 10.5. The Morgan fingerprint density at radius 2 is 2.05 bits per heavy atom. The molecule has 22 heavy (non-hydrogen) atoms. The van der Waals surface area contributed by atoms with Gasteiger partial charge >= 0.3 is 0 Å². The molecule has 0 aliphatic heterocycles. The Kier molecular flexibility index (Phi) is 5.33. The summed E-state index contributed by atoms with van der Waals surface area (Å²) in [5, 5.41) is 7.27. The predicted octanol–water partition coefficient (Wildman–Crippen LogP) is 2.42. The molecule has 0 spiro atoms. The van der Waals surface area contributed by atoms with Crippen LogP contribution in [0.3, 0.4) is 0 Å². The summed E-state index contributed by atoms with van der Waals surface area (Å²) in [7, 11) is 0. The number of nitrogens with zero attached hydrogens (tertiary/aromatic N) is 2. The number of aromatic nitrogens is 2. The van der Waals surface area contributed by atoms with Crippen LogP contribution >= 0.6 is 0 Å². The highest BCUT2D eigenvalue weighted by molar-refractivity contribution is 5.82. The van der Waals surface area contributed by atoms with Crippen molar-refractivity contribution in [2.24, 2.45) is 11.7 Å². The molecule has 0 aliphatic rings. The van der Waals surface area contributed by atoms with Gasteiger partial charge in [-0.25, -0.2) is 4.68 Å². The number of benzene rings is 1. The highest BCUT2D eigenvalue weighted by Gasteiger charge is 2.22. The SMILES string of the molecule is CCC(C)C(N)C(=O)NC(C)c1ccccc1-n1cccn1. The van der Waals surface area contributed by atoms with E-state index < -0.39 is 6.04 Å². The molecule has 1 heterocycles. The molecule has 0 saturated carbocycles. The van der Waals surface area contributed by atoms with Crippen molar-refractivity contribution in [3.63, 3.8) is 0 Å². The van der Waals surface area contributed by atoms with Crippen molar-refractivity contribution in [3.8, 4) is 5.69 Å². The number of rotatable bonds is 6. The predicted molar refractivity (Wildman–Crippen MR) is 87.6 cm³/mol. The van der Waals surface area contributed by atoms with E-state index in [-0.39, 0.29) is 17.9 Å². The Bertz CT molecular complexity index is 609. The number of carbonyl (C=O) groups excluding carboxylic acids is 1. The maximum Gasteiger partial charge on any atom is 0.237 e. The van der Waals surface area contributed by atoms with E-state index in [1.54, 1.807) is 10.9 Å². The zero-order valence-corrected chi connectivity index (χ0v) is 13.4. The van der Waals surface area contributed by atoms with Crippen LogP contribution in [0.25, 0.3) is 5.69 Å². The number of carbonyl (C=O) groups is 1. The molecule has 0 fully saturated rings. The molecule has 3 atom stereocenters. The van der Waals surface area contributed by atoms with Crippen LogP contribution < -0.4 is 11.1 Å². The molecule has 3 N–H and O–H groups in total. The van der Waals surface area contributed by atoms with Crippen molar-refractivity contribution in [1.29, 1.82) is 0 Å². The second-order valence-corrected chi connectivity index (χ2v) is 5.65. The number of nitrogens with one attached hydrogen (secondary N) is 1. The summed E-state index contributed by atoms with van der Waals surface area (Å²) in [6.07, 6.45) is 4.50. The Morgan fingerprint density at radius 1 is 1.32 bits per heavy atom. The quantitative estimate of drug-likeness (QED) is 0.860. The van der Waals surface area contributed by atoms with E-state index in [1.165, 1.54) is 0 Å². The normalized spacial score (nSPS) is 15.1. The van der Waals surface area contributed by atoms with E-state index in [0.29, 0.717) is 0 Å². The van der Waals surface area contributed by atoms with E-state index in [9.17, 15) is 4.79 Å². The standard InChI is InChI=1S/C17H24N4O/c1-4-12(2)16(18)17(22)20-13(3)14-8-5-6-9-15(14)21-11-7-10-19-21/h5-13,16H,4,18H2,1-3H3,(H,20,22). The summed E-state index contributed by atoms with van der Waals surface area (Å²) in [4.78, 5) is 12.3. The lowest BCUT2D eigenvalue weighted by molar-refractivity contribution is -0.124. The number of hydrogen-bond donors (Lipinski definition) is 2. The maximum absolute atomic E-state index is 12.3. The number of nitrogens with two attached hydrogens (primary N) is 1. The fraction of sp³-hybridized carbons (Fsp3) is 0.412. The zero-order valence-electron chi connectivity index (χ0n) is 13.4. The Labute approximate surface area is 131 Å². The van der Waals surface area contributed by atoms with Crippen LogP contribution in [0.2, 0.25) is 0 Å². The van der Waals surface area contributed by atoms with Gasteiger partial charge in [-0.05, 0) is 30.5 Å². The van der Waals surface area contributed by atoms with Gasteiger partial charge in [0.05, 0.1) is 17.8 Å². The minimum atomic E-state index is -0.482. The molecule has 0 aliphatic carbocycles. The summed E-state index contributed by atoms with van der Waals surface area (Å²) in [5.74, 6) is 0.0469. The van der Waals surface area contributed by atoms with Gasteiger partial charge in [-0.15, -0.1) is 0 Å². The average molecular weight is 300 g/mol. The maximum atomic E-state index is 12.3. The zero-order chi connectivity index (χ0) is 16.1. The third-order valence-corrected chi connectivity index (χ3v) is 4.07. The van der Waals surface area contributed by atoms with Crippen molar-refractivity contribution < 1.29 is 4.79 Å². The molecule has 2 rings (SSSR count). The van der Waals surface area contributed by atoms with Crippen LogP contribution in [0.15, 0.2) is 42.7 Å². The van der Waals surface area contributed by atoms with Crippen molar-refractivity contribution >= 4 is 5.91 Å². The lowest BCUT2D eigenvalue weighted by Crippen LogP contribution is -2.45. The molecule has 0 radical (unpaired) electrons. The van der Waals surface area contributed by atoms with Crippen molar-refractivity contribution in [2.45, 2.75) is 39.3 Å². The third kappa shape index (κ3) is 3.54. The molecule has 5 nitrogen and oxygen atoms in total. The first-order valence-corrected chi connectivity index (χ1v) is 7.69. The van der Waals surface area contributed by atoms with Crippen LogP contribution in [0, 0.1) is 5.92 Å². The van der Waals surface area contributed by atoms with Crippen molar-refractivity contribution in [3.05, 3.63) is 48.3 Å². The fourth-order valence-electron chi connectivity index (χ4n) is 2.37. The number of para-hydroxylation sites is 1. The lowest BCUT2D eigenvalue weighted by atomic mass is 9.98. The van der Waals surface area contributed by atoms with Gasteiger partial charge in [0.15, 0.2) is 0 Å². The highest BCUT2D eigenvalue weighted by Crippen LogP contribution is 2.21. The molecule has 0 bridgehead atoms. The topological polar surface area (TPSA) is 72.9 Å². The number of hydrogen-bond acceptors (Lipinski definition) is 3. The molecule has 1 aromatic heterocycles. The largest absolute Gasteiger partial charge is 0.348 e. The molecular weight excluding hydrogens is 276 g/mol. The molecule has 2 aromatic rings. The Balaban J connectivity index is 2.17. The van der Waals surface area contributed by atoms with Crippen LogP contribution in [-0.2, 0) is 4.79 Å². The minimum Gasteiger partial charge on any atom is -0.348 e. The van der Waals surface area contributed by atoms with Crippen molar-refractivity contribution in [1.82, 2.24) is 15.1 Å². The summed E-state index contributed by atoms with van der Waals surface area (Å²) >= 11 is 0. The summed E-state index contributed by atoms with van der Waals surface area (Å²) in [6, 6.07) is 9.15. The molecule has 1 aromatic carbocycles. The van der Waals surface area contributed by atoms with E-state index >= 15 is 0 Å². The van der Waals surface area contributed by atoms with Gasteiger partial charge in [0, 0.05) is 12.4 Å². The summed E-state index contributed by atoms with van der Waals surface area (Å²) in [5.41, 5.74) is 7.97. The van der Waals surface area contributed by atoms with Gasteiger partial charge < -0.3 is 11.1 Å². The molecule has 1 amide bonds. The molecule has 5 heteroatoms. The summed E-state index contributed by atoms with van der Waals surface area (Å²) < 4.78 is 1.80. The molecular formula is C17H24N4O. The van der Waals surface area contributed by atoms with Gasteiger partial charge in [-0.3, -0.25) is 4.79 Å². The Hall–Kier alpha value is -2.14. The van der Waals surface area contributed by atoms with Crippen LogP contribution in [0.5, 0.6) is 0 Å². The van der Waals surface area contributed by atoms with Crippen LogP contribution in [-0.4, -0.2) is 21.7 Å². The van der Waals surface area contributed by atoms with Gasteiger partial charge in [0.25, 0.3) is 0 Å². The van der Waals surface area contributed by atoms with E-state index in [1.807, 2.05) is 57.3 Å². The average Bonchev–Trinajstić information content (AvgIpc) is 3.07. The van der Waals surface area contributed by atoms with Gasteiger partial charge in [0.2, 0.25) is 5.91 Å². The van der Waals surface area contributed by atoms with E-state index in [2.05, 4.69) is 10.4 Å². The third-order valence-electron chi connectivity index (χ3n) is 4.07. The first kappa shape index (κ1) is 16.2. The van der Waals surface area contributed by atoms with Crippen LogP contribution in [0.1, 0.15) is 38.8 Å². The minimum absolute atomic E-state index is 0.114. The second kappa shape index (κ2) is 7.22. The van der Waals surface area contributed by atoms with Gasteiger partial charge in [-0.1, -0.05) is 38.5 Å². The van der Waals surface area contributed by atoms with Gasteiger partial charge in [-0.2, -0.15) is 5.10 Å². The Morgan fingerprint density at radius 3 is 2.68 bits per heavy atom. The fourth-order valence-corrected chi connectivity index (χ4v) is 2.37. The van der Waals surface area contributed by atoms with Gasteiger partial charge in [0.1, 0.15) is 0 Å².